The van der Waals surface area contributed by atoms with Gasteiger partial charge in [0.25, 0.3) is 0 Å². The van der Waals surface area contributed by atoms with Crippen molar-refractivity contribution in [3.8, 4) is 0 Å². The van der Waals surface area contributed by atoms with Crippen LogP contribution in [0, 0.1) is 5.92 Å². The highest BCUT2D eigenvalue weighted by Gasteiger charge is 2.50. The van der Waals surface area contributed by atoms with E-state index in [4.69, 9.17) is 21.6 Å². The molecule has 1 amide bonds. The summed E-state index contributed by atoms with van der Waals surface area (Å²) in [6.07, 6.45) is 9.72. The molecule has 3 fully saturated rings. The summed E-state index contributed by atoms with van der Waals surface area (Å²) in [5.41, 5.74) is 1.39. The minimum atomic E-state index is -0.244. The minimum Gasteiger partial charge on any atom is -0.356 e. The molecule has 8 nitrogen and oxygen atoms in total. The summed E-state index contributed by atoms with van der Waals surface area (Å²) in [7, 11) is 0. The molecule has 1 unspecified atom stereocenters. The van der Waals surface area contributed by atoms with E-state index in [9.17, 15) is 4.79 Å². The lowest BCUT2D eigenvalue weighted by Gasteiger charge is -2.34. The van der Waals surface area contributed by atoms with Crippen LogP contribution in [0.1, 0.15) is 44.3 Å². The Hall–Kier alpha value is -2.61. The zero-order chi connectivity index (χ0) is 21.0. The van der Waals surface area contributed by atoms with Crippen molar-refractivity contribution in [1.82, 2.24) is 29.6 Å². The van der Waals surface area contributed by atoms with Crippen LogP contribution in [0.4, 0.5) is 5.82 Å². The molecule has 3 aromatic rings. The van der Waals surface area contributed by atoms with E-state index < -0.39 is 0 Å². The molecule has 3 aliphatic rings. The number of carbonyl (C=O) groups is 1. The molecule has 2 aliphatic heterocycles. The van der Waals surface area contributed by atoms with Crippen LogP contribution in [0.15, 0.2) is 24.5 Å². The molecule has 6 rings (SSSR count). The van der Waals surface area contributed by atoms with E-state index in [-0.39, 0.29) is 11.5 Å². The van der Waals surface area contributed by atoms with Crippen LogP contribution in [-0.4, -0.2) is 61.7 Å². The van der Waals surface area contributed by atoms with Crippen LogP contribution >= 0.6 is 11.6 Å². The third-order valence-electron chi connectivity index (χ3n) is 6.99. The summed E-state index contributed by atoms with van der Waals surface area (Å²) in [6, 6.07) is 4.05. The van der Waals surface area contributed by atoms with Gasteiger partial charge >= 0.3 is 0 Å². The molecule has 1 N–H and O–H groups in total. The van der Waals surface area contributed by atoms with Crippen LogP contribution in [-0.2, 0) is 10.3 Å². The number of fused-ring (bicyclic) bond motifs is 1. The van der Waals surface area contributed by atoms with Crippen LogP contribution in [0.25, 0.3) is 11.2 Å². The molecule has 1 aliphatic carbocycles. The topological polar surface area (TPSA) is 82.9 Å². The quantitative estimate of drug-likeness (QED) is 0.675. The maximum atomic E-state index is 12.9. The van der Waals surface area contributed by atoms with Crippen LogP contribution < -0.4 is 4.90 Å². The number of rotatable bonds is 4. The fraction of sp³-hybridized carbons (Fsp3) is 0.545. The van der Waals surface area contributed by atoms with Gasteiger partial charge in [-0.25, -0.2) is 9.97 Å². The molecule has 31 heavy (non-hydrogen) atoms. The number of aromatic nitrogens is 5. The van der Waals surface area contributed by atoms with Gasteiger partial charge in [-0.1, -0.05) is 11.6 Å². The molecule has 162 valence electrons. The number of halogens is 1. The number of piperidine rings is 1. The van der Waals surface area contributed by atoms with Crippen LogP contribution in [0.5, 0.6) is 0 Å². The van der Waals surface area contributed by atoms with Gasteiger partial charge in [0.15, 0.2) is 5.65 Å². The number of carbonyl (C=O) groups excluding carboxylic acids is 1. The molecular formula is C22H26ClN7O. The third-order valence-corrected chi connectivity index (χ3v) is 7.19. The first-order valence-electron chi connectivity index (χ1n) is 11.2. The summed E-state index contributed by atoms with van der Waals surface area (Å²) >= 11 is 6.08. The second-order valence-corrected chi connectivity index (χ2v) is 9.51. The van der Waals surface area contributed by atoms with E-state index in [1.807, 2.05) is 27.9 Å². The Kier molecular flexibility index (Phi) is 4.45. The number of hydrogen-bond acceptors (Lipinski definition) is 5. The van der Waals surface area contributed by atoms with Gasteiger partial charge < -0.3 is 14.8 Å². The Balaban J connectivity index is 1.24. The number of nitrogens with one attached hydrogen (secondary N) is 1. The fourth-order valence-electron chi connectivity index (χ4n) is 5.09. The molecule has 5 heterocycles. The van der Waals surface area contributed by atoms with Crippen molar-refractivity contribution < 1.29 is 4.79 Å². The Morgan fingerprint density at radius 3 is 2.71 bits per heavy atom. The number of pyridine rings is 1. The van der Waals surface area contributed by atoms with Gasteiger partial charge in [-0.05, 0) is 50.7 Å². The average molecular weight is 440 g/mol. The third kappa shape index (κ3) is 3.28. The lowest BCUT2D eigenvalue weighted by Crippen LogP contribution is -2.44. The smallest absolute Gasteiger partial charge is 0.227 e. The summed E-state index contributed by atoms with van der Waals surface area (Å²) < 4.78 is 1.91. The largest absolute Gasteiger partial charge is 0.356 e. The number of likely N-dealkylation sites (tertiary alicyclic amines) is 1. The second-order valence-electron chi connectivity index (χ2n) is 9.07. The van der Waals surface area contributed by atoms with Gasteiger partial charge in [0.2, 0.25) is 5.91 Å². The predicted molar refractivity (Wildman–Crippen MR) is 118 cm³/mol. The monoisotopic (exact) mass is 439 g/mol. The fourth-order valence-corrected chi connectivity index (χ4v) is 5.23. The molecule has 0 aromatic carbocycles. The average Bonchev–Trinajstić information content (AvgIpc) is 3.18. The Morgan fingerprint density at radius 2 is 1.97 bits per heavy atom. The van der Waals surface area contributed by atoms with Gasteiger partial charge in [0.05, 0.1) is 17.1 Å². The molecule has 1 saturated carbocycles. The Labute approximate surface area is 185 Å². The van der Waals surface area contributed by atoms with Crippen molar-refractivity contribution >= 4 is 34.5 Å². The molecule has 0 radical (unpaired) electrons. The molecule has 3 aromatic heterocycles. The molecule has 9 heteroatoms. The molecule has 1 atom stereocenters. The molecular weight excluding hydrogens is 414 g/mol. The SMILES string of the molecule is O=C(C1CCCN(c2ccc3nc(C4(n5cc(Cl)cn5)CC4)[nH]c3n2)C1)N1CCCC1. The first-order chi connectivity index (χ1) is 15.1. The Morgan fingerprint density at radius 1 is 1.13 bits per heavy atom. The van der Waals surface area contributed by atoms with Crippen molar-refractivity contribution in [1.29, 1.82) is 0 Å². The lowest BCUT2D eigenvalue weighted by atomic mass is 9.96. The van der Waals surface area contributed by atoms with Crippen molar-refractivity contribution in [2.45, 2.75) is 44.1 Å². The van der Waals surface area contributed by atoms with Gasteiger partial charge in [0.1, 0.15) is 22.7 Å². The van der Waals surface area contributed by atoms with Crippen molar-refractivity contribution in [3.05, 3.63) is 35.4 Å². The van der Waals surface area contributed by atoms with Crippen LogP contribution in [0.2, 0.25) is 5.02 Å². The summed E-state index contributed by atoms with van der Waals surface area (Å²) in [6.45, 7) is 3.50. The van der Waals surface area contributed by atoms with E-state index in [2.05, 4.69) is 15.0 Å². The highest BCUT2D eigenvalue weighted by molar-refractivity contribution is 6.30. The maximum Gasteiger partial charge on any atom is 0.227 e. The lowest BCUT2D eigenvalue weighted by molar-refractivity contribution is -0.134. The summed E-state index contributed by atoms with van der Waals surface area (Å²) in [5.74, 6) is 2.18. The van der Waals surface area contributed by atoms with E-state index in [1.54, 1.807) is 6.20 Å². The maximum absolute atomic E-state index is 12.9. The minimum absolute atomic E-state index is 0.0703. The zero-order valence-corrected chi connectivity index (χ0v) is 18.2. The van der Waals surface area contributed by atoms with E-state index in [0.29, 0.717) is 10.9 Å². The highest BCUT2D eigenvalue weighted by Crippen LogP contribution is 2.48. The van der Waals surface area contributed by atoms with Crippen molar-refractivity contribution in [2.75, 3.05) is 31.1 Å². The number of anilines is 1. The molecule has 0 bridgehead atoms. The summed E-state index contributed by atoms with van der Waals surface area (Å²) in [5, 5.41) is 5.04. The van der Waals surface area contributed by atoms with Gasteiger partial charge in [-0.15, -0.1) is 0 Å². The predicted octanol–water partition coefficient (Wildman–Crippen LogP) is 3.18. The number of hydrogen-bond donors (Lipinski definition) is 1. The van der Waals surface area contributed by atoms with E-state index in [0.717, 1.165) is 87.5 Å². The summed E-state index contributed by atoms with van der Waals surface area (Å²) in [4.78, 5) is 30.3. The highest BCUT2D eigenvalue weighted by atomic mass is 35.5. The first kappa shape index (κ1) is 19.1. The molecule has 0 spiro atoms. The van der Waals surface area contributed by atoms with Gasteiger partial charge in [0, 0.05) is 32.4 Å². The van der Waals surface area contributed by atoms with E-state index in [1.165, 1.54) is 0 Å². The standard InChI is InChI=1S/C22H26ClN7O/c23-16-12-24-30(14-16)22(7-8-22)21-25-17-5-6-18(26-19(17)27-21)29-11-3-4-15(13-29)20(31)28-9-1-2-10-28/h5-6,12,14-15H,1-4,7-11,13H2,(H,25,26,27). The number of nitrogens with zero attached hydrogens (tertiary/aromatic N) is 6. The number of aromatic amines is 1. The second kappa shape index (κ2) is 7.22. The van der Waals surface area contributed by atoms with Gasteiger partial charge in [-0.2, -0.15) is 5.10 Å². The van der Waals surface area contributed by atoms with Gasteiger partial charge in [-0.3, -0.25) is 9.48 Å². The zero-order valence-electron chi connectivity index (χ0n) is 17.4. The first-order valence-corrected chi connectivity index (χ1v) is 11.6. The van der Waals surface area contributed by atoms with E-state index >= 15 is 0 Å². The number of H-pyrrole nitrogens is 1. The number of amides is 1. The number of imidazole rings is 1. The van der Waals surface area contributed by atoms with Crippen molar-refractivity contribution in [2.24, 2.45) is 5.92 Å². The molecule has 2 saturated heterocycles. The Bertz CT molecular complexity index is 1130. The van der Waals surface area contributed by atoms with Crippen LogP contribution in [0.3, 0.4) is 0 Å². The normalized spacial score (nSPS) is 22.9. The van der Waals surface area contributed by atoms with Crippen molar-refractivity contribution in [3.63, 3.8) is 0 Å².